The number of hydrogen-bond acceptors (Lipinski definition) is 3. The van der Waals surface area contributed by atoms with Crippen LogP contribution in [0.5, 0.6) is 0 Å². The van der Waals surface area contributed by atoms with Crippen LogP contribution < -0.4 is 0 Å². The first kappa shape index (κ1) is 13.6. The Morgan fingerprint density at radius 3 is 2.62 bits per heavy atom. The van der Waals surface area contributed by atoms with Crippen LogP contribution in [0.2, 0.25) is 0 Å². The van der Waals surface area contributed by atoms with Crippen LogP contribution in [0.25, 0.3) is 0 Å². The van der Waals surface area contributed by atoms with E-state index in [2.05, 4.69) is 6.92 Å². The van der Waals surface area contributed by atoms with E-state index in [0.29, 0.717) is 5.25 Å². The molecule has 16 heavy (non-hydrogen) atoms. The molecule has 1 aromatic rings. The lowest BCUT2D eigenvalue weighted by Crippen LogP contribution is -2.02. The molecule has 0 aliphatic heterocycles. The molecule has 2 atom stereocenters. The minimum atomic E-state index is -0.384. The van der Waals surface area contributed by atoms with Crippen molar-refractivity contribution in [3.05, 3.63) is 29.8 Å². The smallest absolute Gasteiger partial charge is 0.0798 e. The highest BCUT2D eigenvalue weighted by atomic mass is 32.2. The van der Waals surface area contributed by atoms with E-state index in [1.54, 1.807) is 11.8 Å². The lowest BCUT2D eigenvalue weighted by Gasteiger charge is -2.16. The van der Waals surface area contributed by atoms with Crippen molar-refractivity contribution < 1.29 is 10.2 Å². The molecule has 1 unspecified atom stereocenters. The van der Waals surface area contributed by atoms with Gasteiger partial charge >= 0.3 is 0 Å². The first-order valence-corrected chi connectivity index (χ1v) is 6.61. The van der Waals surface area contributed by atoms with Gasteiger partial charge in [0.25, 0.3) is 0 Å². The molecule has 0 aliphatic rings. The van der Waals surface area contributed by atoms with E-state index in [0.717, 1.165) is 23.3 Å². The second-order valence-corrected chi connectivity index (χ2v) is 5.38. The topological polar surface area (TPSA) is 40.5 Å². The van der Waals surface area contributed by atoms with Crippen LogP contribution in [0, 0.1) is 0 Å². The largest absolute Gasteiger partial charge is 0.396 e. The predicted octanol–water partition coefficient (Wildman–Crippen LogP) is 2.99. The summed E-state index contributed by atoms with van der Waals surface area (Å²) in [5.74, 6) is 0. The number of aliphatic hydroxyl groups is 2. The third kappa shape index (κ3) is 3.81. The molecule has 1 rings (SSSR count). The van der Waals surface area contributed by atoms with E-state index in [9.17, 15) is 5.11 Å². The molecule has 0 aliphatic carbocycles. The Kier molecular flexibility index (Phi) is 5.88. The maximum absolute atomic E-state index is 9.89. The first-order chi connectivity index (χ1) is 7.69. The average Bonchev–Trinajstić information content (AvgIpc) is 2.29. The van der Waals surface area contributed by atoms with Gasteiger partial charge in [0, 0.05) is 16.8 Å². The summed E-state index contributed by atoms with van der Waals surface area (Å²) < 4.78 is 0. The normalized spacial score (nSPS) is 14.8. The summed E-state index contributed by atoms with van der Waals surface area (Å²) in [6.07, 6.45) is 1.12. The predicted molar refractivity (Wildman–Crippen MR) is 68.7 cm³/mol. The maximum Gasteiger partial charge on any atom is 0.0798 e. The van der Waals surface area contributed by atoms with Crippen LogP contribution in [-0.2, 0) is 0 Å². The lowest BCUT2D eigenvalue weighted by molar-refractivity contribution is 0.171. The molecule has 0 aromatic heterocycles. The molecule has 0 bridgehead atoms. The van der Waals surface area contributed by atoms with Crippen molar-refractivity contribution in [2.45, 2.75) is 42.9 Å². The summed E-state index contributed by atoms with van der Waals surface area (Å²) in [5, 5.41) is 19.1. The van der Waals surface area contributed by atoms with Gasteiger partial charge in [0.2, 0.25) is 0 Å². The molecule has 0 heterocycles. The molecule has 0 saturated carbocycles. The van der Waals surface area contributed by atoms with Crippen LogP contribution in [0.3, 0.4) is 0 Å². The molecule has 2 N–H and O–H groups in total. The monoisotopic (exact) mass is 240 g/mol. The van der Waals surface area contributed by atoms with E-state index in [-0.39, 0.29) is 12.7 Å². The van der Waals surface area contributed by atoms with Crippen molar-refractivity contribution >= 4 is 11.8 Å². The van der Waals surface area contributed by atoms with Crippen LogP contribution in [0.1, 0.15) is 38.4 Å². The number of benzene rings is 1. The molecule has 0 saturated heterocycles. The van der Waals surface area contributed by atoms with Crippen molar-refractivity contribution in [2.24, 2.45) is 0 Å². The summed E-state index contributed by atoms with van der Waals surface area (Å²) >= 11 is 1.72. The summed E-state index contributed by atoms with van der Waals surface area (Å²) in [6.45, 7) is 4.28. The molecule has 1 aromatic carbocycles. The zero-order chi connectivity index (χ0) is 12.0. The molecular formula is C13H20O2S. The lowest BCUT2D eigenvalue weighted by atomic mass is 10.1. The molecular weight excluding hydrogens is 220 g/mol. The zero-order valence-corrected chi connectivity index (χ0v) is 10.7. The molecule has 90 valence electrons. The Morgan fingerprint density at radius 2 is 2.00 bits per heavy atom. The van der Waals surface area contributed by atoms with E-state index in [1.165, 1.54) is 0 Å². The highest BCUT2D eigenvalue weighted by Gasteiger charge is 2.12. The third-order valence-corrected chi connectivity index (χ3v) is 3.79. The standard InChI is InChI=1S/C13H20O2S/c1-3-12(15)11-6-4-5-7-13(11)16-10(2)8-9-14/h4-7,10,12,14-15H,3,8-9H2,1-2H3/t10?,12-/m1/s1. The molecule has 0 spiro atoms. The zero-order valence-electron chi connectivity index (χ0n) is 9.89. The van der Waals surface area contributed by atoms with Gasteiger partial charge in [0.15, 0.2) is 0 Å². The SMILES string of the molecule is CC[C@@H](O)c1ccccc1SC(C)CCO. The molecule has 0 fully saturated rings. The van der Waals surface area contributed by atoms with Crippen molar-refractivity contribution in [3.8, 4) is 0 Å². The van der Waals surface area contributed by atoms with Crippen molar-refractivity contribution in [1.29, 1.82) is 0 Å². The summed E-state index contributed by atoms with van der Waals surface area (Å²) in [4.78, 5) is 1.12. The quantitative estimate of drug-likeness (QED) is 0.751. The van der Waals surface area contributed by atoms with E-state index >= 15 is 0 Å². The second-order valence-electron chi connectivity index (χ2n) is 3.90. The van der Waals surface area contributed by atoms with E-state index in [1.807, 2.05) is 31.2 Å². The van der Waals surface area contributed by atoms with Gasteiger partial charge in [0.1, 0.15) is 0 Å². The number of hydrogen-bond donors (Lipinski definition) is 2. The minimum absolute atomic E-state index is 0.215. The van der Waals surface area contributed by atoms with Crippen LogP contribution in [0.4, 0.5) is 0 Å². The fourth-order valence-electron chi connectivity index (χ4n) is 1.54. The highest BCUT2D eigenvalue weighted by molar-refractivity contribution is 8.00. The van der Waals surface area contributed by atoms with Gasteiger partial charge in [0.05, 0.1) is 6.10 Å². The first-order valence-electron chi connectivity index (χ1n) is 5.73. The molecule has 3 heteroatoms. The van der Waals surface area contributed by atoms with Gasteiger partial charge in [-0.1, -0.05) is 32.0 Å². The summed E-state index contributed by atoms with van der Waals surface area (Å²) in [5.41, 5.74) is 1.000. The second kappa shape index (κ2) is 6.94. The highest BCUT2D eigenvalue weighted by Crippen LogP contribution is 2.32. The third-order valence-electron chi connectivity index (χ3n) is 2.53. The fourth-order valence-corrected chi connectivity index (χ4v) is 2.69. The van der Waals surface area contributed by atoms with E-state index in [4.69, 9.17) is 5.11 Å². The Bertz CT molecular complexity index is 315. The molecule has 2 nitrogen and oxygen atoms in total. The Hall–Kier alpha value is -0.510. The number of aliphatic hydroxyl groups excluding tert-OH is 2. The maximum atomic E-state index is 9.89. The molecule has 0 radical (unpaired) electrons. The van der Waals surface area contributed by atoms with Crippen LogP contribution in [-0.4, -0.2) is 22.1 Å². The van der Waals surface area contributed by atoms with Crippen molar-refractivity contribution in [3.63, 3.8) is 0 Å². The number of rotatable bonds is 6. The van der Waals surface area contributed by atoms with Crippen LogP contribution in [0.15, 0.2) is 29.2 Å². The van der Waals surface area contributed by atoms with Crippen LogP contribution >= 0.6 is 11.8 Å². The van der Waals surface area contributed by atoms with Gasteiger partial charge < -0.3 is 10.2 Å². The minimum Gasteiger partial charge on any atom is -0.396 e. The van der Waals surface area contributed by atoms with Crippen molar-refractivity contribution in [1.82, 2.24) is 0 Å². The Morgan fingerprint density at radius 1 is 1.31 bits per heavy atom. The summed E-state index contributed by atoms with van der Waals surface area (Å²) in [7, 11) is 0. The molecule has 0 amide bonds. The van der Waals surface area contributed by atoms with Gasteiger partial charge in [-0.05, 0) is 24.5 Å². The van der Waals surface area contributed by atoms with Gasteiger partial charge in [-0.25, -0.2) is 0 Å². The number of thioether (sulfide) groups is 1. The van der Waals surface area contributed by atoms with Gasteiger partial charge in [-0.2, -0.15) is 0 Å². The van der Waals surface area contributed by atoms with Gasteiger partial charge in [-0.15, -0.1) is 11.8 Å². The fraction of sp³-hybridized carbons (Fsp3) is 0.538. The Balaban J connectivity index is 2.78. The van der Waals surface area contributed by atoms with Crippen molar-refractivity contribution in [2.75, 3.05) is 6.61 Å². The van der Waals surface area contributed by atoms with Gasteiger partial charge in [-0.3, -0.25) is 0 Å². The summed E-state index contributed by atoms with van der Waals surface area (Å²) in [6, 6.07) is 7.95. The van der Waals surface area contributed by atoms with E-state index < -0.39 is 0 Å². The average molecular weight is 240 g/mol. The Labute approximate surface area is 102 Å².